The van der Waals surface area contributed by atoms with Crippen molar-refractivity contribution in [2.24, 2.45) is 5.73 Å². The molecule has 4 heterocycles. The minimum atomic E-state index is -0.736. The molecular formula is C26H23FN8O3. The molecular weight excluding hydrogens is 491 g/mol. The molecule has 0 fully saturated rings. The Balaban J connectivity index is 1.70. The lowest BCUT2D eigenvalue weighted by atomic mass is 9.86. The predicted molar refractivity (Wildman–Crippen MR) is 136 cm³/mol. The molecule has 0 atom stereocenters. The van der Waals surface area contributed by atoms with Gasteiger partial charge in [-0.3, -0.25) is 9.59 Å². The van der Waals surface area contributed by atoms with Gasteiger partial charge in [0, 0.05) is 41.3 Å². The highest BCUT2D eigenvalue weighted by Crippen LogP contribution is 2.28. The molecule has 5 rings (SSSR count). The summed E-state index contributed by atoms with van der Waals surface area (Å²) in [5, 5.41) is 19.2. The fourth-order valence-corrected chi connectivity index (χ4v) is 4.15. The smallest absolute Gasteiger partial charge is 0.283 e. The summed E-state index contributed by atoms with van der Waals surface area (Å²) in [6, 6.07) is 4.62. The van der Waals surface area contributed by atoms with Crippen LogP contribution in [-0.2, 0) is 12.0 Å². The third kappa shape index (κ3) is 4.20. The van der Waals surface area contributed by atoms with Crippen molar-refractivity contribution >= 4 is 16.7 Å². The summed E-state index contributed by atoms with van der Waals surface area (Å²) in [6.45, 7) is 5.27. The van der Waals surface area contributed by atoms with Gasteiger partial charge in [0.05, 0.1) is 29.4 Å². The SMILES string of the molecule is CC(C)(C)c1cc(F)c2c(=O)n(-c3nccc(-n4cc(C(N)=O)c(-c5cncnc5)n4)c3CO)ncc2c1. The molecule has 11 nitrogen and oxygen atoms in total. The zero-order valence-electron chi connectivity index (χ0n) is 20.8. The molecule has 0 bridgehead atoms. The molecule has 192 valence electrons. The Morgan fingerprint density at radius 1 is 1.16 bits per heavy atom. The van der Waals surface area contributed by atoms with E-state index in [4.69, 9.17) is 5.73 Å². The van der Waals surface area contributed by atoms with Gasteiger partial charge in [0.15, 0.2) is 5.82 Å². The molecule has 5 aromatic rings. The molecule has 0 radical (unpaired) electrons. The molecule has 38 heavy (non-hydrogen) atoms. The number of pyridine rings is 1. The van der Waals surface area contributed by atoms with Gasteiger partial charge in [-0.25, -0.2) is 24.0 Å². The van der Waals surface area contributed by atoms with E-state index in [9.17, 15) is 14.7 Å². The Hall–Kier alpha value is -4.84. The Bertz CT molecular complexity index is 1760. The number of primary amides is 1. The fraction of sp³-hybridized carbons (Fsp3) is 0.192. The summed E-state index contributed by atoms with van der Waals surface area (Å²) in [6.07, 6.45) is 8.47. The first-order chi connectivity index (χ1) is 18.1. The van der Waals surface area contributed by atoms with E-state index in [0.29, 0.717) is 16.6 Å². The molecule has 0 saturated heterocycles. The van der Waals surface area contributed by atoms with Crippen LogP contribution in [0.5, 0.6) is 0 Å². The van der Waals surface area contributed by atoms with Crippen LogP contribution < -0.4 is 11.3 Å². The van der Waals surface area contributed by atoms with E-state index >= 15 is 4.39 Å². The minimum Gasteiger partial charge on any atom is -0.391 e. The zero-order chi connectivity index (χ0) is 27.2. The number of fused-ring (bicyclic) bond motifs is 1. The van der Waals surface area contributed by atoms with Crippen LogP contribution in [0.4, 0.5) is 4.39 Å². The Labute approximate surface area is 215 Å². The second-order valence-electron chi connectivity index (χ2n) is 9.65. The molecule has 1 amide bonds. The van der Waals surface area contributed by atoms with E-state index < -0.39 is 23.9 Å². The van der Waals surface area contributed by atoms with Gasteiger partial charge >= 0.3 is 0 Å². The molecule has 0 aliphatic rings. The number of aromatic nitrogens is 7. The van der Waals surface area contributed by atoms with Crippen LogP contribution in [0.1, 0.15) is 42.3 Å². The van der Waals surface area contributed by atoms with Crippen LogP contribution in [0.15, 0.2) is 60.3 Å². The van der Waals surface area contributed by atoms with Crippen LogP contribution in [0.2, 0.25) is 0 Å². The summed E-state index contributed by atoms with van der Waals surface area (Å²) in [7, 11) is 0. The number of aliphatic hydroxyl groups is 1. The number of hydrogen-bond donors (Lipinski definition) is 2. The Morgan fingerprint density at radius 3 is 2.55 bits per heavy atom. The third-order valence-electron chi connectivity index (χ3n) is 6.13. The summed E-state index contributed by atoms with van der Waals surface area (Å²) in [5.41, 5.74) is 6.49. The highest BCUT2D eigenvalue weighted by Gasteiger charge is 2.23. The Kier molecular flexibility index (Phi) is 6.03. The number of rotatable bonds is 5. The molecule has 0 unspecified atom stereocenters. The van der Waals surface area contributed by atoms with Gasteiger partial charge in [-0.15, -0.1) is 0 Å². The number of carbonyl (C=O) groups excluding carboxylic acids is 1. The van der Waals surface area contributed by atoms with Gasteiger partial charge in [0.25, 0.3) is 11.5 Å². The molecule has 0 aliphatic carbocycles. The highest BCUT2D eigenvalue weighted by atomic mass is 19.1. The van der Waals surface area contributed by atoms with Crippen molar-refractivity contribution in [2.75, 3.05) is 0 Å². The molecule has 0 spiro atoms. The number of halogens is 1. The van der Waals surface area contributed by atoms with E-state index in [0.717, 1.165) is 10.2 Å². The van der Waals surface area contributed by atoms with Crippen LogP contribution in [0.25, 0.3) is 33.5 Å². The van der Waals surface area contributed by atoms with E-state index in [1.165, 1.54) is 48.1 Å². The first-order valence-electron chi connectivity index (χ1n) is 11.6. The standard InChI is InChI=1S/C26H23FN8O3/c1-26(2,3)16-6-14-10-32-35(25(38)21(14)19(27)7-16)24-18(12-36)20(4-5-31-24)34-11-17(23(28)37)22(33-34)15-8-29-13-30-9-15/h4-11,13,36H,12H2,1-3H3,(H2,28,37). The van der Waals surface area contributed by atoms with Crippen LogP contribution in [0, 0.1) is 5.82 Å². The first-order valence-corrected chi connectivity index (χ1v) is 11.6. The molecule has 4 aromatic heterocycles. The van der Waals surface area contributed by atoms with Crippen molar-refractivity contribution in [2.45, 2.75) is 32.8 Å². The number of benzene rings is 1. The van der Waals surface area contributed by atoms with E-state index in [1.54, 1.807) is 12.1 Å². The topological polar surface area (TPSA) is 155 Å². The average molecular weight is 515 g/mol. The van der Waals surface area contributed by atoms with Crippen molar-refractivity contribution in [1.29, 1.82) is 0 Å². The van der Waals surface area contributed by atoms with Crippen molar-refractivity contribution in [3.05, 3.63) is 88.4 Å². The predicted octanol–water partition coefficient (Wildman–Crippen LogP) is 2.45. The molecule has 3 N–H and O–H groups in total. The van der Waals surface area contributed by atoms with Gasteiger partial charge in [0.1, 0.15) is 17.8 Å². The second-order valence-corrected chi connectivity index (χ2v) is 9.65. The number of aliphatic hydroxyl groups excluding tert-OH is 1. The molecule has 1 aromatic carbocycles. The summed E-state index contributed by atoms with van der Waals surface area (Å²) in [5.74, 6) is -1.42. The van der Waals surface area contributed by atoms with E-state index in [-0.39, 0.29) is 33.4 Å². The molecule has 12 heteroatoms. The fourth-order valence-electron chi connectivity index (χ4n) is 4.15. The Morgan fingerprint density at radius 2 is 1.89 bits per heavy atom. The lowest BCUT2D eigenvalue weighted by Crippen LogP contribution is -2.25. The summed E-state index contributed by atoms with van der Waals surface area (Å²) < 4.78 is 17.4. The number of nitrogens with zero attached hydrogens (tertiary/aromatic N) is 7. The van der Waals surface area contributed by atoms with Gasteiger partial charge < -0.3 is 10.8 Å². The lowest BCUT2D eigenvalue weighted by molar-refractivity contribution is 0.100. The molecule has 0 aliphatic heterocycles. The second kappa shape index (κ2) is 9.23. The monoisotopic (exact) mass is 514 g/mol. The van der Waals surface area contributed by atoms with Crippen LogP contribution >= 0.6 is 0 Å². The van der Waals surface area contributed by atoms with Crippen molar-refractivity contribution in [3.63, 3.8) is 0 Å². The van der Waals surface area contributed by atoms with E-state index in [1.807, 2.05) is 20.8 Å². The van der Waals surface area contributed by atoms with Crippen molar-refractivity contribution < 1.29 is 14.3 Å². The number of nitrogens with two attached hydrogens (primary N) is 1. The summed E-state index contributed by atoms with van der Waals surface area (Å²) >= 11 is 0. The average Bonchev–Trinajstić information content (AvgIpc) is 3.34. The zero-order valence-corrected chi connectivity index (χ0v) is 20.8. The maximum atomic E-state index is 15.2. The highest BCUT2D eigenvalue weighted by molar-refractivity contribution is 5.98. The number of carbonyl (C=O) groups is 1. The molecule has 0 saturated carbocycles. The van der Waals surface area contributed by atoms with Gasteiger partial charge in [-0.1, -0.05) is 20.8 Å². The quantitative estimate of drug-likeness (QED) is 0.362. The lowest BCUT2D eigenvalue weighted by Gasteiger charge is -2.20. The minimum absolute atomic E-state index is 0.0167. The summed E-state index contributed by atoms with van der Waals surface area (Å²) in [4.78, 5) is 37.7. The maximum Gasteiger partial charge on any atom is 0.283 e. The normalized spacial score (nSPS) is 11.7. The van der Waals surface area contributed by atoms with Crippen molar-refractivity contribution in [3.8, 4) is 22.8 Å². The van der Waals surface area contributed by atoms with E-state index in [2.05, 4.69) is 25.1 Å². The van der Waals surface area contributed by atoms with Gasteiger partial charge in [0.2, 0.25) is 0 Å². The number of hydrogen-bond acceptors (Lipinski definition) is 8. The van der Waals surface area contributed by atoms with Crippen LogP contribution in [0.3, 0.4) is 0 Å². The van der Waals surface area contributed by atoms with Crippen molar-refractivity contribution in [1.82, 2.24) is 34.5 Å². The van der Waals surface area contributed by atoms with Crippen LogP contribution in [-0.4, -0.2) is 45.5 Å². The number of amides is 1. The van der Waals surface area contributed by atoms with Gasteiger partial charge in [-0.05, 0) is 29.2 Å². The maximum absolute atomic E-state index is 15.2. The third-order valence-corrected chi connectivity index (χ3v) is 6.13. The largest absolute Gasteiger partial charge is 0.391 e. The van der Waals surface area contributed by atoms with Gasteiger partial charge in [-0.2, -0.15) is 14.9 Å². The first kappa shape index (κ1) is 24.8.